The monoisotopic (exact) mass is 417 g/mol. The van der Waals surface area contributed by atoms with Gasteiger partial charge >= 0.3 is 6.03 Å². The van der Waals surface area contributed by atoms with E-state index in [-0.39, 0.29) is 21.3 Å². The lowest BCUT2D eigenvalue weighted by molar-refractivity contribution is 0.102. The molecule has 6 nitrogen and oxygen atoms in total. The van der Waals surface area contributed by atoms with Gasteiger partial charge in [0.1, 0.15) is 5.76 Å². The SMILES string of the molecule is NC(=O)Nc1ccc(Cl)c(C(=O)Nc2cccc3c4c(oc23)CCCC4)c1Cl. The third-order valence-electron chi connectivity index (χ3n) is 4.81. The predicted molar refractivity (Wildman–Crippen MR) is 110 cm³/mol. The molecule has 0 saturated heterocycles. The standard InChI is InChI=1S/C20H17Cl2N3O3/c21-12-8-9-13(25-20(23)27)17(22)16(12)19(26)24-14-6-3-5-11-10-4-1-2-7-15(10)28-18(11)14/h3,5-6,8-9H,1-2,4,7H2,(H,24,26)(H3,23,25,27). The molecule has 4 rings (SSSR count). The summed E-state index contributed by atoms with van der Waals surface area (Å²) in [6.07, 6.45) is 4.09. The number of benzene rings is 2. The number of amides is 3. The van der Waals surface area contributed by atoms with Crippen LogP contribution in [0.1, 0.15) is 34.5 Å². The molecule has 0 aliphatic heterocycles. The fourth-order valence-electron chi connectivity index (χ4n) is 3.56. The molecule has 1 aliphatic rings. The highest BCUT2D eigenvalue weighted by atomic mass is 35.5. The van der Waals surface area contributed by atoms with Crippen LogP contribution >= 0.6 is 23.2 Å². The molecule has 8 heteroatoms. The number of halogens is 2. The Labute approximate surface area is 171 Å². The molecule has 4 N–H and O–H groups in total. The van der Waals surface area contributed by atoms with Crippen LogP contribution in [0.3, 0.4) is 0 Å². The molecule has 1 heterocycles. The Hall–Kier alpha value is -2.70. The molecule has 2 aromatic carbocycles. The summed E-state index contributed by atoms with van der Waals surface area (Å²) in [4.78, 5) is 24.0. The molecule has 3 amide bonds. The Kier molecular flexibility index (Phi) is 4.91. The van der Waals surface area contributed by atoms with Crippen molar-refractivity contribution in [1.29, 1.82) is 0 Å². The minimum absolute atomic E-state index is 0.00899. The Morgan fingerprint density at radius 2 is 1.79 bits per heavy atom. The highest BCUT2D eigenvalue weighted by Crippen LogP contribution is 2.37. The van der Waals surface area contributed by atoms with Crippen LogP contribution in [-0.4, -0.2) is 11.9 Å². The minimum Gasteiger partial charge on any atom is -0.459 e. The van der Waals surface area contributed by atoms with Crippen molar-refractivity contribution >= 4 is 57.5 Å². The second kappa shape index (κ2) is 7.37. The van der Waals surface area contributed by atoms with Crippen LogP contribution in [0.5, 0.6) is 0 Å². The van der Waals surface area contributed by atoms with Crippen molar-refractivity contribution in [2.45, 2.75) is 25.7 Å². The van der Waals surface area contributed by atoms with Gasteiger partial charge in [-0.2, -0.15) is 0 Å². The number of carbonyl (C=O) groups is 2. The van der Waals surface area contributed by atoms with E-state index in [2.05, 4.69) is 10.6 Å². The quantitative estimate of drug-likeness (QED) is 0.534. The lowest BCUT2D eigenvalue weighted by atomic mass is 9.96. The summed E-state index contributed by atoms with van der Waals surface area (Å²) in [6.45, 7) is 0. The van der Waals surface area contributed by atoms with E-state index < -0.39 is 11.9 Å². The normalized spacial score (nSPS) is 13.2. The molecule has 0 bridgehead atoms. The Morgan fingerprint density at radius 3 is 2.57 bits per heavy atom. The Balaban J connectivity index is 1.71. The Bertz CT molecular complexity index is 1110. The van der Waals surface area contributed by atoms with E-state index in [1.807, 2.05) is 12.1 Å². The van der Waals surface area contributed by atoms with E-state index in [9.17, 15) is 9.59 Å². The van der Waals surface area contributed by atoms with Gasteiger partial charge < -0.3 is 20.8 Å². The number of aryl methyl sites for hydroxylation is 2. The minimum atomic E-state index is -0.790. The van der Waals surface area contributed by atoms with Crippen molar-refractivity contribution in [3.63, 3.8) is 0 Å². The van der Waals surface area contributed by atoms with E-state index in [4.69, 9.17) is 33.4 Å². The van der Waals surface area contributed by atoms with Gasteiger partial charge in [0.25, 0.3) is 5.91 Å². The van der Waals surface area contributed by atoms with Crippen molar-refractivity contribution in [1.82, 2.24) is 0 Å². The third-order valence-corrected chi connectivity index (χ3v) is 5.51. The zero-order valence-electron chi connectivity index (χ0n) is 14.8. The summed E-state index contributed by atoms with van der Waals surface area (Å²) in [5, 5.41) is 6.37. The van der Waals surface area contributed by atoms with E-state index in [0.717, 1.165) is 36.8 Å². The number of nitrogens with two attached hydrogens (primary N) is 1. The van der Waals surface area contributed by atoms with Gasteiger partial charge in [-0.3, -0.25) is 4.79 Å². The number of nitrogens with one attached hydrogen (secondary N) is 2. The zero-order chi connectivity index (χ0) is 19.8. The van der Waals surface area contributed by atoms with Crippen LogP contribution in [0.25, 0.3) is 11.0 Å². The second-order valence-electron chi connectivity index (χ2n) is 6.62. The first-order valence-corrected chi connectivity index (χ1v) is 9.60. The van der Waals surface area contributed by atoms with Crippen molar-refractivity contribution in [2.24, 2.45) is 5.73 Å². The number of anilines is 2. The third kappa shape index (κ3) is 3.30. The number of fused-ring (bicyclic) bond motifs is 3. The largest absolute Gasteiger partial charge is 0.459 e. The van der Waals surface area contributed by atoms with Crippen LogP contribution in [-0.2, 0) is 12.8 Å². The highest BCUT2D eigenvalue weighted by molar-refractivity contribution is 6.42. The van der Waals surface area contributed by atoms with Gasteiger partial charge in [0.2, 0.25) is 0 Å². The maximum absolute atomic E-state index is 12.9. The van der Waals surface area contributed by atoms with Gasteiger partial charge in [-0.15, -0.1) is 0 Å². The van der Waals surface area contributed by atoms with Gasteiger partial charge in [-0.1, -0.05) is 35.3 Å². The summed E-state index contributed by atoms with van der Waals surface area (Å²) in [5.74, 6) is 0.469. The molecule has 0 fully saturated rings. The molecule has 1 aromatic heterocycles. The first-order chi connectivity index (χ1) is 13.5. The van der Waals surface area contributed by atoms with E-state index >= 15 is 0 Å². The lowest BCUT2D eigenvalue weighted by Crippen LogP contribution is -2.20. The van der Waals surface area contributed by atoms with Crippen LogP contribution in [0, 0.1) is 0 Å². The fourth-order valence-corrected chi connectivity index (χ4v) is 4.15. The van der Waals surface area contributed by atoms with E-state index in [1.54, 1.807) is 6.07 Å². The second-order valence-corrected chi connectivity index (χ2v) is 7.41. The number of hydrogen-bond acceptors (Lipinski definition) is 3. The molecule has 28 heavy (non-hydrogen) atoms. The summed E-state index contributed by atoms with van der Waals surface area (Å²) in [6, 6.07) is 7.80. The molecule has 0 unspecified atom stereocenters. The average Bonchev–Trinajstić information content (AvgIpc) is 3.04. The zero-order valence-corrected chi connectivity index (χ0v) is 16.3. The number of rotatable bonds is 3. The molecule has 0 radical (unpaired) electrons. The van der Waals surface area contributed by atoms with E-state index in [1.165, 1.54) is 17.7 Å². The number of para-hydroxylation sites is 1. The first kappa shape index (κ1) is 18.7. The topological polar surface area (TPSA) is 97.4 Å². The summed E-state index contributed by atoms with van der Waals surface area (Å²) >= 11 is 12.5. The number of carbonyl (C=O) groups excluding carboxylic acids is 2. The molecule has 1 aliphatic carbocycles. The van der Waals surface area contributed by atoms with Gasteiger partial charge in [0.15, 0.2) is 5.58 Å². The Morgan fingerprint density at radius 1 is 1.00 bits per heavy atom. The summed E-state index contributed by atoms with van der Waals surface area (Å²) < 4.78 is 6.04. The van der Waals surface area contributed by atoms with Crippen molar-refractivity contribution in [3.8, 4) is 0 Å². The van der Waals surface area contributed by atoms with Gasteiger partial charge in [0, 0.05) is 17.4 Å². The molecule has 0 saturated carbocycles. The summed E-state index contributed by atoms with van der Waals surface area (Å²) in [5.41, 5.74) is 7.77. The number of furan rings is 1. The van der Waals surface area contributed by atoms with Gasteiger partial charge in [0.05, 0.1) is 27.0 Å². The molecule has 0 atom stereocenters. The predicted octanol–water partition coefficient (Wildman–Crippen LogP) is 5.36. The van der Waals surface area contributed by atoms with Crippen LogP contribution in [0.4, 0.5) is 16.2 Å². The van der Waals surface area contributed by atoms with Crippen LogP contribution in [0.15, 0.2) is 34.7 Å². The number of primary amides is 1. The van der Waals surface area contributed by atoms with Crippen LogP contribution < -0.4 is 16.4 Å². The average molecular weight is 418 g/mol. The van der Waals surface area contributed by atoms with Gasteiger partial charge in [-0.25, -0.2) is 4.79 Å². The molecule has 3 aromatic rings. The fraction of sp³-hybridized carbons (Fsp3) is 0.200. The molecule has 144 valence electrons. The van der Waals surface area contributed by atoms with E-state index in [0.29, 0.717) is 11.3 Å². The summed E-state index contributed by atoms with van der Waals surface area (Å²) in [7, 11) is 0. The van der Waals surface area contributed by atoms with Crippen molar-refractivity contribution in [2.75, 3.05) is 10.6 Å². The number of hydrogen-bond donors (Lipinski definition) is 3. The van der Waals surface area contributed by atoms with Crippen LogP contribution in [0.2, 0.25) is 10.0 Å². The highest BCUT2D eigenvalue weighted by Gasteiger charge is 2.22. The number of urea groups is 1. The maximum Gasteiger partial charge on any atom is 0.316 e. The molecular formula is C20H17Cl2N3O3. The maximum atomic E-state index is 12.9. The van der Waals surface area contributed by atoms with Crippen molar-refractivity contribution in [3.05, 3.63) is 57.3 Å². The van der Waals surface area contributed by atoms with Gasteiger partial charge in [-0.05, 0) is 37.5 Å². The van der Waals surface area contributed by atoms with Crippen molar-refractivity contribution < 1.29 is 14.0 Å². The molecular weight excluding hydrogens is 401 g/mol. The lowest BCUT2D eigenvalue weighted by Gasteiger charge is -2.12. The molecule has 0 spiro atoms. The first-order valence-electron chi connectivity index (χ1n) is 8.84. The smallest absolute Gasteiger partial charge is 0.316 e.